The molecule has 1 aromatic carbocycles. The summed E-state index contributed by atoms with van der Waals surface area (Å²) in [5.74, 6) is 0. The smallest absolute Gasteiger partial charge is 0.339 e. The molecule has 0 bridgehead atoms. The Hall–Kier alpha value is -1.44. The van der Waals surface area contributed by atoms with Gasteiger partial charge in [-0.1, -0.05) is 29.3 Å². The van der Waals surface area contributed by atoms with Crippen molar-refractivity contribution >= 4 is 40.2 Å². The molecule has 0 aliphatic rings. The Morgan fingerprint density at radius 2 is 1.83 bits per heavy atom. The maximum atomic E-state index is 12.7. The number of thioether (sulfide) groups is 1. The van der Waals surface area contributed by atoms with Crippen LogP contribution >= 0.6 is 35.0 Å². The summed E-state index contributed by atoms with van der Waals surface area (Å²) in [7, 11) is 3.20. The molecule has 0 saturated heterocycles. The van der Waals surface area contributed by atoms with Gasteiger partial charge in [0, 0.05) is 30.8 Å². The lowest BCUT2D eigenvalue weighted by molar-refractivity contribution is -0.137. The molecular weight excluding hydrogens is 384 g/mol. The second-order valence-electron chi connectivity index (χ2n) is 4.96. The van der Waals surface area contributed by atoms with E-state index in [0.29, 0.717) is 21.7 Å². The topological polar surface area (TPSA) is 33.2 Å². The van der Waals surface area contributed by atoms with Crippen LogP contribution in [-0.4, -0.2) is 29.2 Å². The lowest BCUT2D eigenvalue weighted by Gasteiger charge is -2.12. The number of pyridine rings is 1. The molecule has 1 amide bonds. The van der Waals surface area contributed by atoms with E-state index >= 15 is 0 Å². The van der Waals surface area contributed by atoms with Crippen molar-refractivity contribution in [2.75, 3.05) is 14.1 Å². The zero-order valence-corrected chi connectivity index (χ0v) is 14.8. The normalized spacial score (nSPS) is 11.5. The summed E-state index contributed by atoms with van der Waals surface area (Å²) in [5.41, 5.74) is -0.282. The van der Waals surface area contributed by atoms with Crippen LogP contribution in [0.25, 0.3) is 11.3 Å². The standard InChI is InChI=1S/C15H11Cl2F3N2OS/c1-22(2)14(23)24-12-5-8(3-4-10(12)16)13-11(17)6-9(7-21-13)15(18,19)20/h3-7H,1-2H3. The van der Waals surface area contributed by atoms with Gasteiger partial charge in [-0.25, -0.2) is 0 Å². The van der Waals surface area contributed by atoms with Crippen LogP contribution in [0.4, 0.5) is 18.0 Å². The summed E-state index contributed by atoms with van der Waals surface area (Å²) in [5, 5.41) is -0.0236. The van der Waals surface area contributed by atoms with E-state index in [4.69, 9.17) is 23.2 Å². The van der Waals surface area contributed by atoms with E-state index in [0.717, 1.165) is 17.8 Å². The molecule has 0 unspecified atom stereocenters. The van der Waals surface area contributed by atoms with E-state index in [1.807, 2.05) is 0 Å². The number of amides is 1. The third-order valence-electron chi connectivity index (χ3n) is 2.94. The summed E-state index contributed by atoms with van der Waals surface area (Å²) in [4.78, 5) is 17.4. The number of carbonyl (C=O) groups excluding carboxylic acids is 1. The zero-order chi connectivity index (χ0) is 18.1. The van der Waals surface area contributed by atoms with Gasteiger partial charge in [0.15, 0.2) is 0 Å². The van der Waals surface area contributed by atoms with Gasteiger partial charge in [-0.3, -0.25) is 9.78 Å². The van der Waals surface area contributed by atoms with Crippen molar-refractivity contribution in [3.63, 3.8) is 0 Å². The maximum absolute atomic E-state index is 12.7. The number of benzene rings is 1. The van der Waals surface area contributed by atoms with Gasteiger partial charge in [0.05, 0.1) is 21.3 Å². The van der Waals surface area contributed by atoms with Gasteiger partial charge in [0.1, 0.15) is 0 Å². The Morgan fingerprint density at radius 1 is 1.17 bits per heavy atom. The second-order valence-corrected chi connectivity index (χ2v) is 6.77. The first-order valence-electron chi connectivity index (χ1n) is 6.51. The molecule has 2 rings (SSSR count). The van der Waals surface area contributed by atoms with E-state index in [2.05, 4.69) is 4.98 Å². The Labute approximate surface area is 150 Å². The highest BCUT2D eigenvalue weighted by Crippen LogP contribution is 2.37. The Kier molecular flexibility index (Phi) is 5.67. The number of carbonyl (C=O) groups is 1. The minimum Gasteiger partial charge on any atom is -0.339 e. The zero-order valence-electron chi connectivity index (χ0n) is 12.5. The number of nitrogens with zero attached hydrogens (tertiary/aromatic N) is 2. The van der Waals surface area contributed by atoms with Crippen LogP contribution in [0.15, 0.2) is 35.4 Å². The van der Waals surface area contributed by atoms with Gasteiger partial charge in [-0.15, -0.1) is 0 Å². The van der Waals surface area contributed by atoms with Crippen LogP contribution < -0.4 is 0 Å². The minimum absolute atomic E-state index is 0.137. The highest BCUT2D eigenvalue weighted by molar-refractivity contribution is 8.13. The molecule has 1 heterocycles. The van der Waals surface area contributed by atoms with Crippen LogP contribution in [0.3, 0.4) is 0 Å². The van der Waals surface area contributed by atoms with Gasteiger partial charge >= 0.3 is 6.18 Å². The quantitative estimate of drug-likeness (QED) is 0.599. The van der Waals surface area contributed by atoms with E-state index < -0.39 is 11.7 Å². The monoisotopic (exact) mass is 394 g/mol. The van der Waals surface area contributed by atoms with Crippen molar-refractivity contribution < 1.29 is 18.0 Å². The van der Waals surface area contributed by atoms with Crippen molar-refractivity contribution in [2.24, 2.45) is 0 Å². The molecular formula is C15H11Cl2F3N2OS. The molecule has 0 fully saturated rings. The van der Waals surface area contributed by atoms with Crippen molar-refractivity contribution in [1.82, 2.24) is 9.88 Å². The molecule has 0 spiro atoms. The van der Waals surface area contributed by atoms with Gasteiger partial charge in [-0.05, 0) is 30.0 Å². The van der Waals surface area contributed by atoms with Gasteiger partial charge in [-0.2, -0.15) is 13.2 Å². The molecule has 0 aliphatic carbocycles. The Balaban J connectivity index is 2.41. The summed E-state index contributed by atoms with van der Waals surface area (Å²) in [6.45, 7) is 0. The second kappa shape index (κ2) is 7.21. The summed E-state index contributed by atoms with van der Waals surface area (Å²) >= 11 is 12.9. The van der Waals surface area contributed by atoms with E-state index in [-0.39, 0.29) is 16.0 Å². The Bertz CT molecular complexity index is 782. The van der Waals surface area contributed by atoms with Crippen molar-refractivity contribution in [1.29, 1.82) is 0 Å². The predicted molar refractivity (Wildman–Crippen MR) is 89.6 cm³/mol. The first-order chi connectivity index (χ1) is 11.1. The van der Waals surface area contributed by atoms with Gasteiger partial charge in [0.25, 0.3) is 5.24 Å². The third-order valence-corrected chi connectivity index (χ3v) is 4.76. The molecule has 0 radical (unpaired) electrons. The molecule has 0 N–H and O–H groups in total. The summed E-state index contributed by atoms with van der Waals surface area (Å²) < 4.78 is 38.0. The fraction of sp³-hybridized carbons (Fsp3) is 0.200. The number of rotatable bonds is 2. The average Bonchev–Trinajstić information content (AvgIpc) is 2.48. The molecule has 1 aromatic heterocycles. The van der Waals surface area contributed by atoms with Crippen LogP contribution in [0.1, 0.15) is 5.56 Å². The molecule has 9 heteroatoms. The number of aromatic nitrogens is 1. The maximum Gasteiger partial charge on any atom is 0.417 e. The molecule has 3 nitrogen and oxygen atoms in total. The van der Waals surface area contributed by atoms with Crippen LogP contribution in [0, 0.1) is 0 Å². The predicted octanol–water partition coefficient (Wildman–Crippen LogP) is 5.85. The molecule has 24 heavy (non-hydrogen) atoms. The molecule has 128 valence electrons. The first-order valence-corrected chi connectivity index (χ1v) is 8.08. The van der Waals surface area contributed by atoms with Crippen molar-refractivity contribution in [2.45, 2.75) is 11.1 Å². The van der Waals surface area contributed by atoms with Crippen LogP contribution in [0.2, 0.25) is 10.0 Å². The lowest BCUT2D eigenvalue weighted by atomic mass is 10.1. The number of alkyl halides is 3. The van der Waals surface area contributed by atoms with E-state index in [1.165, 1.54) is 11.0 Å². The third kappa shape index (κ3) is 4.34. The van der Waals surface area contributed by atoms with Crippen LogP contribution in [0.5, 0.6) is 0 Å². The highest BCUT2D eigenvalue weighted by atomic mass is 35.5. The van der Waals surface area contributed by atoms with Crippen molar-refractivity contribution in [3.8, 4) is 11.3 Å². The van der Waals surface area contributed by atoms with Crippen LogP contribution in [-0.2, 0) is 6.18 Å². The first kappa shape index (κ1) is 18.9. The molecule has 0 atom stereocenters. The minimum atomic E-state index is -4.52. The van der Waals surface area contributed by atoms with Crippen molar-refractivity contribution in [3.05, 3.63) is 46.1 Å². The fourth-order valence-corrected chi connectivity index (χ4v) is 2.95. The molecule has 2 aromatic rings. The number of halogens is 5. The molecule has 0 aliphatic heterocycles. The Morgan fingerprint density at radius 3 is 2.38 bits per heavy atom. The van der Waals surface area contributed by atoms with E-state index in [9.17, 15) is 18.0 Å². The largest absolute Gasteiger partial charge is 0.417 e. The highest BCUT2D eigenvalue weighted by Gasteiger charge is 2.31. The van der Waals surface area contributed by atoms with E-state index in [1.54, 1.807) is 26.2 Å². The summed E-state index contributed by atoms with van der Waals surface area (Å²) in [6, 6.07) is 5.50. The number of hydrogen-bond donors (Lipinski definition) is 0. The van der Waals surface area contributed by atoms with Gasteiger partial charge < -0.3 is 4.90 Å². The average molecular weight is 395 g/mol. The number of hydrogen-bond acceptors (Lipinski definition) is 3. The lowest BCUT2D eigenvalue weighted by Crippen LogP contribution is -2.16. The van der Waals surface area contributed by atoms with Gasteiger partial charge in [0.2, 0.25) is 0 Å². The molecule has 0 saturated carbocycles. The fourth-order valence-electron chi connectivity index (χ4n) is 1.72. The SMILES string of the molecule is CN(C)C(=O)Sc1cc(-c2ncc(C(F)(F)F)cc2Cl)ccc1Cl. The summed E-state index contributed by atoms with van der Waals surface area (Å²) in [6.07, 6.45) is -3.80.